The van der Waals surface area contributed by atoms with Crippen molar-refractivity contribution in [2.24, 2.45) is 0 Å². The van der Waals surface area contributed by atoms with E-state index in [1.165, 1.54) is 0 Å². The summed E-state index contributed by atoms with van der Waals surface area (Å²) in [6, 6.07) is 7.08. The van der Waals surface area contributed by atoms with Crippen LogP contribution in [0.1, 0.15) is 45.3 Å². The third kappa shape index (κ3) is 3.15. The lowest BCUT2D eigenvalue weighted by molar-refractivity contribution is 0.0710. The van der Waals surface area contributed by atoms with Crippen LogP contribution in [0.2, 0.25) is 5.02 Å². The molecule has 2 aromatic heterocycles. The van der Waals surface area contributed by atoms with Crippen LogP contribution in [0.5, 0.6) is 0 Å². The van der Waals surface area contributed by atoms with Crippen molar-refractivity contribution in [3.8, 4) is 0 Å². The van der Waals surface area contributed by atoms with Crippen molar-refractivity contribution < 1.29 is 9.59 Å². The van der Waals surface area contributed by atoms with Gasteiger partial charge >= 0.3 is 0 Å². The molecule has 4 heterocycles. The molecule has 0 unspecified atom stereocenters. The fourth-order valence-electron chi connectivity index (χ4n) is 4.33. The van der Waals surface area contributed by atoms with Crippen LogP contribution in [0, 0.1) is 0 Å². The summed E-state index contributed by atoms with van der Waals surface area (Å²) in [6.07, 6.45) is 4.99. The van der Waals surface area contributed by atoms with E-state index in [0.29, 0.717) is 42.3 Å². The molecular formula is C21H20ClN5O2. The van der Waals surface area contributed by atoms with Gasteiger partial charge in [0.2, 0.25) is 0 Å². The van der Waals surface area contributed by atoms with Crippen LogP contribution in [0.3, 0.4) is 0 Å². The van der Waals surface area contributed by atoms with E-state index in [9.17, 15) is 9.59 Å². The summed E-state index contributed by atoms with van der Waals surface area (Å²) in [5, 5.41) is 3.49. The number of imidazole rings is 1. The average Bonchev–Trinajstić information content (AvgIpc) is 3.02. The van der Waals surface area contributed by atoms with E-state index in [2.05, 4.69) is 14.9 Å². The number of rotatable bonds is 2. The molecule has 8 heteroatoms. The van der Waals surface area contributed by atoms with Gasteiger partial charge < -0.3 is 14.8 Å². The number of piperidine rings is 1. The molecule has 1 fully saturated rings. The Morgan fingerprint density at radius 2 is 2.00 bits per heavy atom. The molecule has 1 N–H and O–H groups in total. The molecular weight excluding hydrogens is 390 g/mol. The molecule has 0 atom stereocenters. The third-order valence-electron chi connectivity index (χ3n) is 5.76. The largest absolute Gasteiger partial charge is 0.350 e. The summed E-state index contributed by atoms with van der Waals surface area (Å²) >= 11 is 6.03. The van der Waals surface area contributed by atoms with Crippen LogP contribution >= 0.6 is 11.6 Å². The number of benzene rings is 1. The lowest BCUT2D eigenvalue weighted by atomic mass is 9.95. The van der Waals surface area contributed by atoms with Gasteiger partial charge in [-0.2, -0.15) is 0 Å². The topological polar surface area (TPSA) is 80.1 Å². The molecule has 7 nitrogen and oxygen atoms in total. The Hall–Kier alpha value is -2.93. The number of pyridine rings is 1. The standard InChI is InChI=1S/C21H20ClN5O2/c22-15-3-1-2-14(10-15)21(29)26-7-4-13(5-8-26)19-25-17-12-23-11-16-18(17)27(19)9-6-24-20(16)28/h1-3,10-13H,4-9H2,(H,24,28). The van der Waals surface area contributed by atoms with Crippen molar-refractivity contribution in [2.45, 2.75) is 25.3 Å². The minimum absolute atomic E-state index is 0.0126. The highest BCUT2D eigenvalue weighted by Gasteiger charge is 2.30. The Balaban J connectivity index is 1.39. The first-order valence-corrected chi connectivity index (χ1v) is 10.2. The number of nitrogens with zero attached hydrogens (tertiary/aromatic N) is 4. The SMILES string of the molecule is O=C1NCCn2c(C3CCN(C(=O)c4cccc(Cl)c4)CC3)nc3cncc1c32. The number of aromatic nitrogens is 3. The van der Waals surface area contributed by atoms with E-state index in [0.717, 1.165) is 29.7 Å². The van der Waals surface area contributed by atoms with Crippen molar-refractivity contribution in [2.75, 3.05) is 19.6 Å². The van der Waals surface area contributed by atoms with E-state index in [1.807, 2.05) is 4.90 Å². The van der Waals surface area contributed by atoms with Crippen molar-refractivity contribution in [3.05, 3.63) is 58.6 Å². The van der Waals surface area contributed by atoms with E-state index in [4.69, 9.17) is 16.6 Å². The zero-order valence-corrected chi connectivity index (χ0v) is 16.5. The van der Waals surface area contributed by atoms with Crippen molar-refractivity contribution >= 4 is 34.4 Å². The molecule has 3 aromatic rings. The van der Waals surface area contributed by atoms with E-state index in [1.54, 1.807) is 36.7 Å². The summed E-state index contributed by atoms with van der Waals surface area (Å²) in [6.45, 7) is 2.59. The van der Waals surface area contributed by atoms with Crippen LogP contribution in [0.4, 0.5) is 0 Å². The molecule has 0 spiro atoms. The van der Waals surface area contributed by atoms with E-state index in [-0.39, 0.29) is 17.7 Å². The third-order valence-corrected chi connectivity index (χ3v) is 6.00. The summed E-state index contributed by atoms with van der Waals surface area (Å²) in [4.78, 5) is 36.0. The summed E-state index contributed by atoms with van der Waals surface area (Å²) in [7, 11) is 0. The zero-order valence-electron chi connectivity index (χ0n) is 15.8. The predicted molar refractivity (Wildman–Crippen MR) is 109 cm³/mol. The first-order chi connectivity index (χ1) is 14.1. The second-order valence-electron chi connectivity index (χ2n) is 7.51. The maximum absolute atomic E-state index is 12.8. The molecule has 0 radical (unpaired) electrons. The molecule has 1 saturated heterocycles. The summed E-state index contributed by atoms with van der Waals surface area (Å²) in [5.41, 5.74) is 2.82. The lowest BCUT2D eigenvalue weighted by Crippen LogP contribution is -2.38. The van der Waals surface area contributed by atoms with Gasteiger partial charge in [-0.25, -0.2) is 4.98 Å². The molecule has 2 amide bonds. The highest BCUT2D eigenvalue weighted by atomic mass is 35.5. The van der Waals surface area contributed by atoms with Crippen LogP contribution in [-0.2, 0) is 6.54 Å². The Morgan fingerprint density at radius 1 is 1.17 bits per heavy atom. The number of hydrogen-bond donors (Lipinski definition) is 1. The van der Waals surface area contributed by atoms with Gasteiger partial charge in [-0.05, 0) is 31.0 Å². The minimum Gasteiger partial charge on any atom is -0.350 e. The summed E-state index contributed by atoms with van der Waals surface area (Å²) in [5.74, 6) is 1.14. The van der Waals surface area contributed by atoms with E-state index >= 15 is 0 Å². The second-order valence-corrected chi connectivity index (χ2v) is 7.95. The number of amides is 2. The van der Waals surface area contributed by atoms with Crippen molar-refractivity contribution in [1.29, 1.82) is 0 Å². The normalized spacial score (nSPS) is 17.3. The zero-order chi connectivity index (χ0) is 20.0. The highest BCUT2D eigenvalue weighted by molar-refractivity contribution is 6.30. The Bertz CT molecular complexity index is 1120. The average molecular weight is 410 g/mol. The smallest absolute Gasteiger partial charge is 0.255 e. The van der Waals surface area contributed by atoms with Crippen LogP contribution in [-0.4, -0.2) is 50.9 Å². The van der Waals surface area contributed by atoms with Gasteiger partial charge in [-0.3, -0.25) is 14.6 Å². The maximum Gasteiger partial charge on any atom is 0.255 e. The van der Waals surface area contributed by atoms with Gasteiger partial charge in [0.15, 0.2) is 0 Å². The fraction of sp³-hybridized carbons (Fsp3) is 0.333. The fourth-order valence-corrected chi connectivity index (χ4v) is 4.52. The quantitative estimate of drug-likeness (QED) is 0.705. The van der Waals surface area contributed by atoms with Crippen LogP contribution in [0.15, 0.2) is 36.7 Å². The molecule has 29 heavy (non-hydrogen) atoms. The molecule has 2 aliphatic heterocycles. The molecule has 5 rings (SSSR count). The first kappa shape index (κ1) is 18.1. The van der Waals surface area contributed by atoms with Gasteiger partial charge in [0, 0.05) is 48.9 Å². The predicted octanol–water partition coefficient (Wildman–Crippen LogP) is 2.85. The molecule has 0 saturated carbocycles. The van der Waals surface area contributed by atoms with Crippen molar-refractivity contribution in [1.82, 2.24) is 24.8 Å². The number of nitrogens with one attached hydrogen (secondary N) is 1. The number of carbonyl (C=O) groups is 2. The van der Waals surface area contributed by atoms with Gasteiger partial charge in [0.05, 0.1) is 17.3 Å². The molecule has 0 bridgehead atoms. The highest BCUT2D eigenvalue weighted by Crippen LogP contribution is 2.32. The number of halogens is 1. The molecule has 2 aliphatic rings. The lowest BCUT2D eigenvalue weighted by Gasteiger charge is -2.32. The van der Waals surface area contributed by atoms with Gasteiger partial charge in [-0.15, -0.1) is 0 Å². The summed E-state index contributed by atoms with van der Waals surface area (Å²) < 4.78 is 2.16. The molecule has 148 valence electrons. The second kappa shape index (κ2) is 7.15. The van der Waals surface area contributed by atoms with Crippen LogP contribution < -0.4 is 5.32 Å². The van der Waals surface area contributed by atoms with Crippen LogP contribution in [0.25, 0.3) is 11.0 Å². The number of hydrogen-bond acceptors (Lipinski definition) is 4. The first-order valence-electron chi connectivity index (χ1n) is 9.79. The van der Waals surface area contributed by atoms with Gasteiger partial charge in [0.1, 0.15) is 11.3 Å². The Kier molecular flexibility index (Phi) is 4.47. The monoisotopic (exact) mass is 409 g/mol. The number of likely N-dealkylation sites (tertiary alicyclic amines) is 1. The van der Waals surface area contributed by atoms with E-state index < -0.39 is 0 Å². The minimum atomic E-state index is -0.102. The Labute approximate surface area is 172 Å². The molecule has 0 aliphatic carbocycles. The number of carbonyl (C=O) groups excluding carboxylic acids is 2. The van der Waals surface area contributed by atoms with Crippen molar-refractivity contribution in [3.63, 3.8) is 0 Å². The Morgan fingerprint density at radius 3 is 2.79 bits per heavy atom. The molecule has 1 aromatic carbocycles. The maximum atomic E-state index is 12.8. The van der Waals surface area contributed by atoms with Gasteiger partial charge in [-0.1, -0.05) is 17.7 Å². The van der Waals surface area contributed by atoms with Gasteiger partial charge in [0.25, 0.3) is 11.8 Å².